The van der Waals surface area contributed by atoms with Crippen molar-refractivity contribution in [2.45, 2.75) is 43.2 Å². The number of aromatic nitrogens is 2. The van der Waals surface area contributed by atoms with Gasteiger partial charge in [-0.15, -0.1) is 0 Å². The molecule has 32 heavy (non-hydrogen) atoms. The molecule has 1 saturated heterocycles. The molecule has 1 aromatic heterocycles. The van der Waals surface area contributed by atoms with Gasteiger partial charge in [-0.3, -0.25) is 14.2 Å². The van der Waals surface area contributed by atoms with E-state index in [0.29, 0.717) is 28.3 Å². The number of hydrogen-bond donors (Lipinski definition) is 1. The van der Waals surface area contributed by atoms with Gasteiger partial charge in [-0.25, -0.2) is 9.37 Å². The lowest BCUT2D eigenvalue weighted by Gasteiger charge is -2.22. The van der Waals surface area contributed by atoms with Crippen LogP contribution in [0.1, 0.15) is 26.7 Å². The summed E-state index contributed by atoms with van der Waals surface area (Å²) >= 11 is 1.25. The fraction of sp³-hybridized carbons (Fsp3) is 0.375. The van der Waals surface area contributed by atoms with Gasteiger partial charge in [0, 0.05) is 13.2 Å². The summed E-state index contributed by atoms with van der Waals surface area (Å²) in [7, 11) is 0. The maximum atomic E-state index is 13.5. The molecule has 1 aliphatic heterocycles. The van der Waals surface area contributed by atoms with Gasteiger partial charge in [-0.2, -0.15) is 0 Å². The third kappa shape index (κ3) is 4.86. The Hall–Kier alpha value is -2.71. The number of carbonyl (C=O) groups is 1. The summed E-state index contributed by atoms with van der Waals surface area (Å²) in [5.41, 5.74) is 0.798. The standard InChI is InChI=1S/C24H26FN3O3S/c1-15(2)21(22(29)26-14-18-6-5-13-31-18)32-24-27-20-8-4-3-7-19(20)23(30)28(24)17-11-9-16(25)10-12-17/h3-4,7-12,15,18,21H,5-6,13-14H2,1-2H3,(H,26,29). The number of hydrogen-bond acceptors (Lipinski definition) is 5. The minimum atomic E-state index is -0.462. The summed E-state index contributed by atoms with van der Waals surface area (Å²) in [6.45, 7) is 5.13. The fourth-order valence-electron chi connectivity index (χ4n) is 3.74. The monoisotopic (exact) mass is 455 g/mol. The molecule has 6 nitrogen and oxygen atoms in total. The third-order valence-corrected chi connectivity index (χ3v) is 6.95. The van der Waals surface area contributed by atoms with Crippen molar-refractivity contribution < 1.29 is 13.9 Å². The van der Waals surface area contributed by atoms with Crippen molar-refractivity contribution in [3.8, 4) is 5.69 Å². The Bertz CT molecular complexity index is 1160. The molecule has 0 saturated carbocycles. The van der Waals surface area contributed by atoms with Crippen molar-refractivity contribution in [3.63, 3.8) is 0 Å². The highest BCUT2D eigenvalue weighted by Gasteiger charge is 2.28. The smallest absolute Gasteiger partial charge is 0.266 e. The van der Waals surface area contributed by atoms with Crippen LogP contribution in [0.4, 0.5) is 4.39 Å². The van der Waals surface area contributed by atoms with Crippen molar-refractivity contribution in [2.24, 2.45) is 5.92 Å². The molecule has 0 aliphatic carbocycles. The van der Waals surface area contributed by atoms with Gasteiger partial charge >= 0.3 is 0 Å². The first-order valence-electron chi connectivity index (χ1n) is 10.8. The second-order valence-corrected chi connectivity index (χ2v) is 9.30. The molecule has 0 spiro atoms. The zero-order chi connectivity index (χ0) is 22.7. The molecule has 2 heterocycles. The highest BCUT2D eigenvalue weighted by Crippen LogP contribution is 2.29. The summed E-state index contributed by atoms with van der Waals surface area (Å²) in [5, 5.41) is 3.39. The van der Waals surface area contributed by atoms with Crippen LogP contribution >= 0.6 is 11.8 Å². The molecule has 8 heteroatoms. The van der Waals surface area contributed by atoms with Crippen LogP contribution in [-0.4, -0.2) is 40.0 Å². The second-order valence-electron chi connectivity index (χ2n) is 8.19. The number of halogens is 1. The van der Waals surface area contributed by atoms with E-state index in [4.69, 9.17) is 9.72 Å². The number of thioether (sulfide) groups is 1. The number of carbonyl (C=O) groups excluding carboxylic acids is 1. The second kappa shape index (κ2) is 9.83. The lowest BCUT2D eigenvalue weighted by atomic mass is 10.1. The number of amides is 1. The number of rotatable bonds is 7. The van der Waals surface area contributed by atoms with E-state index in [-0.39, 0.29) is 23.5 Å². The van der Waals surface area contributed by atoms with E-state index in [1.165, 1.54) is 28.5 Å². The van der Waals surface area contributed by atoms with E-state index in [2.05, 4.69) is 5.32 Å². The SMILES string of the molecule is CC(C)C(Sc1nc2ccccc2c(=O)n1-c1ccc(F)cc1)C(=O)NCC1CCCO1. The molecule has 168 valence electrons. The molecule has 0 bridgehead atoms. The molecule has 1 fully saturated rings. The highest BCUT2D eigenvalue weighted by molar-refractivity contribution is 8.00. The Morgan fingerprint density at radius 2 is 2.00 bits per heavy atom. The Balaban J connectivity index is 1.70. The molecule has 1 amide bonds. The van der Waals surface area contributed by atoms with Crippen LogP contribution in [-0.2, 0) is 9.53 Å². The lowest BCUT2D eigenvalue weighted by molar-refractivity contribution is -0.121. The van der Waals surface area contributed by atoms with Crippen molar-refractivity contribution in [2.75, 3.05) is 13.2 Å². The number of nitrogens with zero attached hydrogens (tertiary/aromatic N) is 2. The van der Waals surface area contributed by atoms with E-state index in [1.807, 2.05) is 19.9 Å². The number of ether oxygens (including phenoxy) is 1. The minimum absolute atomic E-state index is 0.00506. The Labute approximate surface area is 190 Å². The summed E-state index contributed by atoms with van der Waals surface area (Å²) in [6.07, 6.45) is 2.00. The van der Waals surface area contributed by atoms with Gasteiger partial charge in [0.25, 0.3) is 5.56 Å². The van der Waals surface area contributed by atoms with Crippen LogP contribution < -0.4 is 10.9 Å². The highest BCUT2D eigenvalue weighted by atomic mass is 32.2. The molecule has 0 radical (unpaired) electrons. The maximum Gasteiger partial charge on any atom is 0.266 e. The van der Waals surface area contributed by atoms with E-state index < -0.39 is 11.1 Å². The Morgan fingerprint density at radius 3 is 2.69 bits per heavy atom. The van der Waals surface area contributed by atoms with Crippen LogP contribution in [0.2, 0.25) is 0 Å². The molecule has 2 atom stereocenters. The van der Waals surface area contributed by atoms with Crippen LogP contribution in [0, 0.1) is 11.7 Å². The molecular formula is C24H26FN3O3S. The first kappa shape index (κ1) is 22.5. The number of benzene rings is 2. The predicted octanol–water partition coefficient (Wildman–Crippen LogP) is 3.94. The van der Waals surface area contributed by atoms with Gasteiger partial charge < -0.3 is 10.1 Å². The zero-order valence-electron chi connectivity index (χ0n) is 18.1. The van der Waals surface area contributed by atoms with Crippen LogP contribution in [0.5, 0.6) is 0 Å². The van der Waals surface area contributed by atoms with Crippen molar-refractivity contribution in [1.82, 2.24) is 14.9 Å². The van der Waals surface area contributed by atoms with Gasteiger partial charge in [0.1, 0.15) is 5.82 Å². The van der Waals surface area contributed by atoms with Crippen molar-refractivity contribution in [3.05, 3.63) is 64.7 Å². The molecule has 1 N–H and O–H groups in total. The van der Waals surface area contributed by atoms with Crippen molar-refractivity contribution in [1.29, 1.82) is 0 Å². The number of nitrogens with one attached hydrogen (secondary N) is 1. The largest absolute Gasteiger partial charge is 0.376 e. The minimum Gasteiger partial charge on any atom is -0.376 e. The van der Waals surface area contributed by atoms with Crippen LogP contribution in [0.3, 0.4) is 0 Å². The Morgan fingerprint density at radius 1 is 1.25 bits per heavy atom. The normalized spacial score (nSPS) is 17.1. The van der Waals surface area contributed by atoms with E-state index in [1.54, 1.807) is 30.3 Å². The summed E-state index contributed by atoms with van der Waals surface area (Å²) < 4.78 is 20.6. The average Bonchev–Trinajstić information content (AvgIpc) is 3.30. The summed E-state index contributed by atoms with van der Waals surface area (Å²) in [4.78, 5) is 31.1. The van der Waals surface area contributed by atoms with E-state index in [0.717, 1.165) is 19.4 Å². The molecule has 2 unspecified atom stereocenters. The first-order valence-corrected chi connectivity index (χ1v) is 11.7. The fourth-order valence-corrected chi connectivity index (χ4v) is 4.87. The number of para-hydroxylation sites is 1. The van der Waals surface area contributed by atoms with Gasteiger partial charge in [-0.05, 0) is 55.2 Å². The number of fused-ring (bicyclic) bond motifs is 1. The summed E-state index contributed by atoms with van der Waals surface area (Å²) in [5.74, 6) is -0.513. The lowest BCUT2D eigenvalue weighted by Crippen LogP contribution is -2.40. The van der Waals surface area contributed by atoms with Crippen LogP contribution in [0.25, 0.3) is 16.6 Å². The van der Waals surface area contributed by atoms with Crippen molar-refractivity contribution >= 4 is 28.6 Å². The molecule has 2 aromatic carbocycles. The van der Waals surface area contributed by atoms with E-state index >= 15 is 0 Å². The Kier molecular flexibility index (Phi) is 6.91. The molecule has 1 aliphatic rings. The molecule has 4 rings (SSSR count). The molecule has 3 aromatic rings. The van der Waals surface area contributed by atoms with E-state index in [9.17, 15) is 14.0 Å². The maximum absolute atomic E-state index is 13.5. The quantitative estimate of drug-likeness (QED) is 0.432. The van der Waals surface area contributed by atoms with Crippen LogP contribution in [0.15, 0.2) is 58.5 Å². The zero-order valence-corrected chi connectivity index (χ0v) is 18.9. The third-order valence-electron chi connectivity index (χ3n) is 5.45. The summed E-state index contributed by atoms with van der Waals surface area (Å²) in [6, 6.07) is 12.8. The van der Waals surface area contributed by atoms with Gasteiger partial charge in [0.05, 0.1) is 27.9 Å². The van der Waals surface area contributed by atoms with Gasteiger partial charge in [0.2, 0.25) is 5.91 Å². The average molecular weight is 456 g/mol. The topological polar surface area (TPSA) is 73.2 Å². The van der Waals surface area contributed by atoms with Gasteiger partial charge in [-0.1, -0.05) is 37.7 Å². The first-order chi connectivity index (χ1) is 15.4. The van der Waals surface area contributed by atoms with Gasteiger partial charge in [0.15, 0.2) is 5.16 Å². The predicted molar refractivity (Wildman–Crippen MR) is 124 cm³/mol. The molecular weight excluding hydrogens is 429 g/mol.